The van der Waals surface area contributed by atoms with Crippen LogP contribution in [0.3, 0.4) is 0 Å². The van der Waals surface area contributed by atoms with Gasteiger partial charge in [-0.2, -0.15) is 0 Å². The van der Waals surface area contributed by atoms with Gasteiger partial charge in [-0.25, -0.2) is 0 Å². The zero-order chi connectivity index (χ0) is 11.4. The highest BCUT2D eigenvalue weighted by atomic mass is 16.3. The first-order valence-electron chi connectivity index (χ1n) is 6.55. The maximum atomic E-state index is 10.2. The standard InChI is InChI=1S/C12H24N2O2/c15-8-4-10-2-6-14(7-3-10)12(16)11-1-5-13-9-11/h10-13,15-16H,1-9H2. The van der Waals surface area contributed by atoms with Crippen LogP contribution >= 0.6 is 0 Å². The fourth-order valence-corrected chi connectivity index (χ4v) is 2.92. The summed E-state index contributed by atoms with van der Waals surface area (Å²) in [7, 11) is 0. The van der Waals surface area contributed by atoms with Crippen LogP contribution in [0.4, 0.5) is 0 Å². The zero-order valence-electron chi connectivity index (χ0n) is 9.94. The average Bonchev–Trinajstić information content (AvgIpc) is 2.83. The van der Waals surface area contributed by atoms with Crippen LogP contribution in [-0.2, 0) is 0 Å². The van der Waals surface area contributed by atoms with E-state index in [0.29, 0.717) is 18.4 Å². The Kier molecular flexibility index (Phi) is 4.58. The summed E-state index contributed by atoms with van der Waals surface area (Å²) in [5.74, 6) is 1.07. The van der Waals surface area contributed by atoms with Gasteiger partial charge in [0, 0.05) is 32.2 Å². The number of aliphatic hydroxyl groups excluding tert-OH is 2. The number of piperidine rings is 1. The second kappa shape index (κ2) is 5.96. The molecule has 94 valence electrons. The Balaban J connectivity index is 1.74. The van der Waals surface area contributed by atoms with E-state index in [9.17, 15) is 5.11 Å². The zero-order valence-corrected chi connectivity index (χ0v) is 9.94. The first-order chi connectivity index (χ1) is 7.81. The Labute approximate surface area is 97.6 Å². The van der Waals surface area contributed by atoms with Crippen molar-refractivity contribution in [1.82, 2.24) is 10.2 Å². The van der Waals surface area contributed by atoms with Crippen LogP contribution in [0, 0.1) is 11.8 Å². The average molecular weight is 228 g/mol. The van der Waals surface area contributed by atoms with E-state index in [1.54, 1.807) is 0 Å². The molecule has 0 aromatic rings. The molecule has 0 aromatic heterocycles. The monoisotopic (exact) mass is 228 g/mol. The van der Waals surface area contributed by atoms with Gasteiger partial charge in [-0.3, -0.25) is 4.90 Å². The second-order valence-electron chi connectivity index (χ2n) is 5.16. The van der Waals surface area contributed by atoms with Crippen LogP contribution in [-0.4, -0.2) is 54.1 Å². The van der Waals surface area contributed by atoms with Gasteiger partial charge in [0.1, 0.15) is 6.23 Å². The first-order valence-corrected chi connectivity index (χ1v) is 6.55. The molecule has 2 saturated heterocycles. The minimum absolute atomic E-state index is 0.259. The maximum Gasteiger partial charge on any atom is 0.111 e. The Morgan fingerprint density at radius 1 is 1.25 bits per heavy atom. The van der Waals surface area contributed by atoms with Crippen molar-refractivity contribution in [3.05, 3.63) is 0 Å². The molecule has 2 fully saturated rings. The molecule has 2 aliphatic heterocycles. The summed E-state index contributed by atoms with van der Waals surface area (Å²) in [5.41, 5.74) is 0. The molecule has 2 unspecified atom stereocenters. The molecule has 2 rings (SSSR count). The van der Waals surface area contributed by atoms with Crippen LogP contribution in [0.1, 0.15) is 25.7 Å². The molecule has 4 heteroatoms. The van der Waals surface area contributed by atoms with Gasteiger partial charge in [0.15, 0.2) is 0 Å². The highest BCUT2D eigenvalue weighted by Crippen LogP contribution is 2.24. The van der Waals surface area contributed by atoms with E-state index >= 15 is 0 Å². The minimum Gasteiger partial charge on any atom is -0.396 e. The summed E-state index contributed by atoms with van der Waals surface area (Å²) in [6, 6.07) is 0. The maximum absolute atomic E-state index is 10.2. The third-order valence-electron chi connectivity index (χ3n) is 4.08. The summed E-state index contributed by atoms with van der Waals surface area (Å²) in [4.78, 5) is 2.21. The van der Waals surface area contributed by atoms with E-state index in [-0.39, 0.29) is 6.23 Å². The lowest BCUT2D eigenvalue weighted by Crippen LogP contribution is -2.45. The van der Waals surface area contributed by atoms with Gasteiger partial charge in [0.05, 0.1) is 0 Å². The summed E-state index contributed by atoms with van der Waals surface area (Å²) < 4.78 is 0. The van der Waals surface area contributed by atoms with E-state index < -0.39 is 0 Å². The van der Waals surface area contributed by atoms with Crippen molar-refractivity contribution in [3.8, 4) is 0 Å². The normalized spacial score (nSPS) is 30.8. The second-order valence-corrected chi connectivity index (χ2v) is 5.16. The number of nitrogens with one attached hydrogen (secondary N) is 1. The molecule has 2 aliphatic rings. The van der Waals surface area contributed by atoms with Crippen molar-refractivity contribution in [2.24, 2.45) is 11.8 Å². The molecule has 0 saturated carbocycles. The van der Waals surface area contributed by atoms with Crippen molar-refractivity contribution in [2.45, 2.75) is 31.9 Å². The van der Waals surface area contributed by atoms with Crippen molar-refractivity contribution in [3.63, 3.8) is 0 Å². The van der Waals surface area contributed by atoms with Gasteiger partial charge < -0.3 is 15.5 Å². The Morgan fingerprint density at radius 2 is 2.00 bits per heavy atom. The summed E-state index contributed by atoms with van der Waals surface area (Å²) in [6.07, 6.45) is 4.01. The van der Waals surface area contributed by atoms with E-state index in [4.69, 9.17) is 5.11 Å². The van der Waals surface area contributed by atoms with Gasteiger partial charge in [0.2, 0.25) is 0 Å². The van der Waals surface area contributed by atoms with E-state index in [1.807, 2.05) is 0 Å². The molecule has 2 heterocycles. The fourth-order valence-electron chi connectivity index (χ4n) is 2.92. The number of aliphatic hydroxyl groups is 2. The summed E-state index contributed by atoms with van der Waals surface area (Å²) in [5, 5.41) is 22.4. The highest BCUT2D eigenvalue weighted by Gasteiger charge is 2.30. The highest BCUT2D eigenvalue weighted by molar-refractivity contribution is 4.81. The van der Waals surface area contributed by atoms with E-state index in [0.717, 1.165) is 51.9 Å². The molecule has 16 heavy (non-hydrogen) atoms. The third kappa shape index (κ3) is 2.94. The van der Waals surface area contributed by atoms with Crippen LogP contribution in [0.25, 0.3) is 0 Å². The number of nitrogens with zero attached hydrogens (tertiary/aromatic N) is 1. The van der Waals surface area contributed by atoms with Crippen molar-refractivity contribution < 1.29 is 10.2 Å². The molecule has 0 spiro atoms. The van der Waals surface area contributed by atoms with Crippen molar-refractivity contribution in [1.29, 1.82) is 0 Å². The quantitative estimate of drug-likeness (QED) is 0.634. The largest absolute Gasteiger partial charge is 0.396 e. The molecule has 4 nitrogen and oxygen atoms in total. The molecule has 2 atom stereocenters. The SMILES string of the molecule is OCCC1CCN(C(O)C2CCNC2)CC1. The number of rotatable bonds is 4. The topological polar surface area (TPSA) is 55.7 Å². The van der Waals surface area contributed by atoms with Gasteiger partial charge in [0.25, 0.3) is 0 Å². The number of hydrogen-bond acceptors (Lipinski definition) is 4. The van der Waals surface area contributed by atoms with Gasteiger partial charge in [-0.15, -0.1) is 0 Å². The number of likely N-dealkylation sites (tertiary alicyclic amines) is 1. The van der Waals surface area contributed by atoms with Crippen LogP contribution in [0.5, 0.6) is 0 Å². The van der Waals surface area contributed by atoms with E-state index in [2.05, 4.69) is 10.2 Å². The molecule has 0 bridgehead atoms. The van der Waals surface area contributed by atoms with Crippen LogP contribution in [0.2, 0.25) is 0 Å². The lowest BCUT2D eigenvalue weighted by Gasteiger charge is -2.37. The predicted molar refractivity (Wildman–Crippen MR) is 63.0 cm³/mol. The predicted octanol–water partition coefficient (Wildman–Crippen LogP) is 0.00870. The molecular weight excluding hydrogens is 204 g/mol. The van der Waals surface area contributed by atoms with Crippen molar-refractivity contribution >= 4 is 0 Å². The smallest absolute Gasteiger partial charge is 0.111 e. The molecule has 0 aromatic carbocycles. The summed E-state index contributed by atoms with van der Waals surface area (Å²) >= 11 is 0. The molecule has 0 radical (unpaired) electrons. The third-order valence-corrected chi connectivity index (χ3v) is 4.08. The Bertz CT molecular complexity index is 199. The molecule has 0 aliphatic carbocycles. The lowest BCUT2D eigenvalue weighted by atomic mass is 9.92. The van der Waals surface area contributed by atoms with Crippen LogP contribution < -0.4 is 5.32 Å². The Morgan fingerprint density at radius 3 is 2.56 bits per heavy atom. The fraction of sp³-hybridized carbons (Fsp3) is 1.00. The van der Waals surface area contributed by atoms with Gasteiger partial charge >= 0.3 is 0 Å². The van der Waals surface area contributed by atoms with Crippen molar-refractivity contribution in [2.75, 3.05) is 32.8 Å². The molecule has 3 N–H and O–H groups in total. The minimum atomic E-state index is -0.259. The first kappa shape index (κ1) is 12.3. The number of hydrogen-bond donors (Lipinski definition) is 3. The van der Waals surface area contributed by atoms with Crippen LogP contribution in [0.15, 0.2) is 0 Å². The summed E-state index contributed by atoms with van der Waals surface area (Å²) in [6.45, 7) is 4.28. The van der Waals surface area contributed by atoms with E-state index in [1.165, 1.54) is 0 Å². The molecular formula is C12H24N2O2. The molecule has 0 amide bonds. The van der Waals surface area contributed by atoms with Gasteiger partial charge in [-0.1, -0.05) is 0 Å². The lowest BCUT2D eigenvalue weighted by molar-refractivity contribution is -0.0516. The Hall–Kier alpha value is -0.160. The van der Waals surface area contributed by atoms with Gasteiger partial charge in [-0.05, 0) is 38.1 Å².